The smallest absolute Gasteiger partial charge is 0.550 e. The van der Waals surface area contributed by atoms with Gasteiger partial charge in [-0.15, -0.1) is 0 Å². The first-order chi connectivity index (χ1) is 21.4. The van der Waals surface area contributed by atoms with Gasteiger partial charge in [-0.25, -0.2) is 0 Å². The number of carbonyl (C=O) groups excluding carboxylic acids is 1. The maximum Gasteiger partial charge on any atom is 1.00 e. The van der Waals surface area contributed by atoms with Gasteiger partial charge in [0, 0.05) is 5.97 Å². The first-order valence-corrected chi connectivity index (χ1v) is 20.2. The Morgan fingerprint density at radius 3 is 1.89 bits per heavy atom. The minimum absolute atomic E-state index is 0. The zero-order valence-corrected chi connectivity index (χ0v) is 32.7. The molecule has 4 saturated carbocycles. The van der Waals surface area contributed by atoms with E-state index in [9.17, 15) is 9.90 Å². The van der Waals surface area contributed by atoms with Gasteiger partial charge in [0.25, 0.3) is 0 Å². The number of fused-ring (bicyclic) bond motifs is 5. The van der Waals surface area contributed by atoms with Crippen LogP contribution in [-0.2, 0) is 4.79 Å². The van der Waals surface area contributed by atoms with Gasteiger partial charge in [0.2, 0.25) is 0 Å². The molecule has 0 saturated heterocycles. The Hall–Kier alpha value is 0.210. The fourth-order valence-corrected chi connectivity index (χ4v) is 11.7. The van der Waals surface area contributed by atoms with E-state index in [1.54, 1.807) is 44.9 Å². The molecule has 0 bridgehead atoms. The molecule has 254 valence electrons. The van der Waals surface area contributed by atoms with Gasteiger partial charge in [0.1, 0.15) is 0 Å². The van der Waals surface area contributed by atoms with Gasteiger partial charge in [0.15, 0.2) is 0 Å². The number of carboxylic acid groups (broad SMARTS) is 1. The molecule has 4 fully saturated rings. The molecule has 0 heterocycles. The molecule has 0 aliphatic heterocycles. The Morgan fingerprint density at radius 1 is 0.667 bits per heavy atom. The van der Waals surface area contributed by atoms with Crippen molar-refractivity contribution in [1.29, 1.82) is 0 Å². The molecule has 8 atom stereocenters. The molecule has 2 nitrogen and oxygen atoms in total. The molecule has 0 aromatic heterocycles. The van der Waals surface area contributed by atoms with Crippen LogP contribution in [0.2, 0.25) is 0 Å². The van der Waals surface area contributed by atoms with Crippen molar-refractivity contribution in [3.05, 3.63) is 12.2 Å². The topological polar surface area (TPSA) is 40.1 Å². The third kappa shape index (κ3) is 11.4. The third-order valence-electron chi connectivity index (χ3n) is 14.3. The van der Waals surface area contributed by atoms with E-state index < -0.39 is 5.97 Å². The standard InChI is InChI=1S/C42H74O2.Na/c1-34(24-20-18-16-14-12-10-8-6-4-5-7-9-11-13-15-17-19-21-26-40(43)44)37-29-30-38-36-28-27-35-25-22-23-32-41(35,2)39(36)31-33-42(37,38)3;/h7,9,34-39H,4-6,8,10-33H2,1-3H3,(H,43,44);/q;+1/p-1/b9-7-;/t34-,35?,36+,37-,38+,39+,41+,42-;/m1./s1. The minimum Gasteiger partial charge on any atom is -0.550 e. The second kappa shape index (κ2) is 20.7. The number of carboxylic acids is 1. The maximum absolute atomic E-state index is 10.4. The van der Waals surface area contributed by atoms with Crippen LogP contribution < -0.4 is 34.7 Å². The van der Waals surface area contributed by atoms with Crippen LogP contribution in [0.25, 0.3) is 0 Å². The summed E-state index contributed by atoms with van der Waals surface area (Å²) >= 11 is 0. The second-order valence-corrected chi connectivity index (χ2v) is 17.0. The fourth-order valence-electron chi connectivity index (χ4n) is 11.7. The summed E-state index contributed by atoms with van der Waals surface area (Å²) in [6.45, 7) is 8.15. The van der Waals surface area contributed by atoms with Gasteiger partial charge in [0.05, 0.1) is 0 Å². The van der Waals surface area contributed by atoms with E-state index in [4.69, 9.17) is 0 Å². The molecule has 0 aromatic rings. The second-order valence-electron chi connectivity index (χ2n) is 17.0. The zero-order chi connectivity index (χ0) is 31.3. The van der Waals surface area contributed by atoms with Gasteiger partial charge in [-0.3, -0.25) is 0 Å². The van der Waals surface area contributed by atoms with Gasteiger partial charge in [-0.05, 0) is 136 Å². The van der Waals surface area contributed by atoms with Crippen LogP contribution in [0.1, 0.15) is 201 Å². The molecular weight excluding hydrogens is 559 g/mol. The predicted molar refractivity (Wildman–Crippen MR) is 186 cm³/mol. The molecule has 0 N–H and O–H groups in total. The Kier molecular flexibility index (Phi) is 18.2. The fraction of sp³-hybridized carbons (Fsp3) is 0.929. The molecule has 45 heavy (non-hydrogen) atoms. The van der Waals surface area contributed by atoms with Crippen molar-refractivity contribution in [2.24, 2.45) is 46.3 Å². The van der Waals surface area contributed by atoms with Crippen molar-refractivity contribution < 1.29 is 39.5 Å². The summed E-state index contributed by atoms with van der Waals surface area (Å²) in [7, 11) is 0. The number of carbonyl (C=O) groups is 1. The Morgan fingerprint density at radius 2 is 1.24 bits per heavy atom. The quantitative estimate of drug-likeness (QED) is 0.0720. The van der Waals surface area contributed by atoms with Gasteiger partial charge in [-0.1, -0.05) is 123 Å². The van der Waals surface area contributed by atoms with E-state index in [1.807, 2.05) is 0 Å². The number of allylic oxidation sites excluding steroid dienone is 2. The molecule has 0 radical (unpaired) electrons. The van der Waals surface area contributed by atoms with Crippen LogP contribution in [0.3, 0.4) is 0 Å². The summed E-state index contributed by atoms with van der Waals surface area (Å²) in [5, 5.41) is 10.4. The summed E-state index contributed by atoms with van der Waals surface area (Å²) in [6, 6.07) is 0. The van der Waals surface area contributed by atoms with E-state index in [2.05, 4.69) is 32.9 Å². The summed E-state index contributed by atoms with van der Waals surface area (Å²) in [5.41, 5.74) is 1.34. The molecule has 4 aliphatic rings. The molecule has 4 rings (SSSR count). The van der Waals surface area contributed by atoms with E-state index in [1.165, 1.54) is 109 Å². The van der Waals surface area contributed by atoms with Gasteiger partial charge >= 0.3 is 29.6 Å². The molecule has 4 aliphatic carbocycles. The Balaban J connectivity index is 0.00000552. The average Bonchev–Trinajstić information content (AvgIpc) is 3.37. The molecule has 3 heteroatoms. The zero-order valence-electron chi connectivity index (χ0n) is 30.7. The van der Waals surface area contributed by atoms with Gasteiger partial charge in [-0.2, -0.15) is 0 Å². The van der Waals surface area contributed by atoms with Crippen LogP contribution in [0.4, 0.5) is 0 Å². The Bertz CT molecular complexity index is 854. The summed E-state index contributed by atoms with van der Waals surface area (Å²) < 4.78 is 0. The number of hydrogen-bond donors (Lipinski definition) is 0. The van der Waals surface area contributed by atoms with E-state index in [-0.39, 0.29) is 36.0 Å². The van der Waals surface area contributed by atoms with E-state index in [0.717, 1.165) is 54.8 Å². The monoisotopic (exact) mass is 633 g/mol. The van der Waals surface area contributed by atoms with Crippen LogP contribution in [0.15, 0.2) is 12.2 Å². The summed E-state index contributed by atoms with van der Waals surface area (Å²) in [5.74, 6) is 5.25. The van der Waals surface area contributed by atoms with Crippen LogP contribution in [0, 0.1) is 46.3 Å². The van der Waals surface area contributed by atoms with Crippen molar-refractivity contribution in [1.82, 2.24) is 0 Å². The van der Waals surface area contributed by atoms with Crippen molar-refractivity contribution in [2.45, 2.75) is 201 Å². The SMILES string of the molecule is C[C@H](CCCCCCCCCCC/C=C\CCCCCCCC(=O)[O-])[C@H]1CC[C@H]2[C@@H]3CCC4CCCC[C@]4(C)[C@H]3CC[C@]12C.[Na+]. The van der Waals surface area contributed by atoms with Crippen molar-refractivity contribution in [3.8, 4) is 0 Å². The first-order valence-electron chi connectivity index (χ1n) is 20.2. The van der Waals surface area contributed by atoms with E-state index >= 15 is 0 Å². The predicted octanol–water partition coefficient (Wildman–Crippen LogP) is 9.00. The van der Waals surface area contributed by atoms with Crippen molar-refractivity contribution in [2.75, 3.05) is 0 Å². The van der Waals surface area contributed by atoms with Crippen molar-refractivity contribution >= 4 is 5.97 Å². The van der Waals surface area contributed by atoms with Crippen molar-refractivity contribution in [3.63, 3.8) is 0 Å². The van der Waals surface area contributed by atoms with Crippen LogP contribution in [-0.4, -0.2) is 5.97 Å². The summed E-state index contributed by atoms with van der Waals surface area (Å²) in [4.78, 5) is 10.4. The summed E-state index contributed by atoms with van der Waals surface area (Å²) in [6.07, 6.45) is 42.6. The van der Waals surface area contributed by atoms with E-state index in [0.29, 0.717) is 10.8 Å². The molecule has 0 amide bonds. The average molecular weight is 633 g/mol. The molecule has 0 spiro atoms. The van der Waals surface area contributed by atoms with Gasteiger partial charge < -0.3 is 9.90 Å². The first kappa shape index (κ1) is 39.6. The minimum atomic E-state index is -0.906. The largest absolute Gasteiger partial charge is 1.00 e. The molecule has 1 unspecified atom stereocenters. The number of hydrogen-bond acceptors (Lipinski definition) is 2. The normalized spacial score (nSPS) is 33.3. The molecular formula is C42H73NaO2. The third-order valence-corrected chi connectivity index (χ3v) is 14.3. The van der Waals surface area contributed by atoms with Crippen LogP contribution in [0.5, 0.6) is 0 Å². The molecule has 0 aromatic carbocycles. The number of aliphatic carboxylic acids is 1. The maximum atomic E-state index is 10.4. The van der Waals surface area contributed by atoms with Crippen LogP contribution >= 0.6 is 0 Å². The number of unbranched alkanes of at least 4 members (excludes halogenated alkanes) is 14. The Labute approximate surface area is 302 Å². The number of rotatable bonds is 21.